The molecule has 3 aromatic carbocycles. The van der Waals surface area contributed by atoms with Crippen molar-refractivity contribution < 1.29 is 23.1 Å². The molecule has 0 saturated carbocycles. The van der Waals surface area contributed by atoms with E-state index in [1.807, 2.05) is 54.6 Å². The van der Waals surface area contributed by atoms with Gasteiger partial charge in [-0.15, -0.1) is 0 Å². The van der Waals surface area contributed by atoms with Crippen molar-refractivity contribution in [1.29, 1.82) is 0 Å². The largest absolute Gasteiger partial charge is 0.508 e. The molecule has 1 amide bonds. The van der Waals surface area contributed by atoms with Crippen LogP contribution in [0.1, 0.15) is 35.0 Å². The highest BCUT2D eigenvalue weighted by Crippen LogP contribution is 2.37. The Morgan fingerprint density at radius 3 is 2.22 bits per heavy atom. The maximum Gasteiger partial charge on any atom is 0.435 e. The number of benzene rings is 3. The molecule has 0 spiro atoms. The summed E-state index contributed by atoms with van der Waals surface area (Å²) in [4.78, 5) is 13.3. The third-order valence-corrected chi connectivity index (χ3v) is 6.34. The fourth-order valence-electron chi connectivity index (χ4n) is 4.42. The lowest BCUT2D eigenvalue weighted by atomic mass is 9.96. The molecule has 1 unspecified atom stereocenters. The lowest BCUT2D eigenvalue weighted by Crippen LogP contribution is -2.31. The van der Waals surface area contributed by atoms with Gasteiger partial charge in [0.2, 0.25) is 0 Å². The van der Waals surface area contributed by atoms with Crippen molar-refractivity contribution in [3.63, 3.8) is 0 Å². The summed E-state index contributed by atoms with van der Waals surface area (Å²) in [5.41, 5.74) is 3.20. The fraction of sp³-hybridized carbons (Fsp3) is 0.179. The minimum Gasteiger partial charge on any atom is -0.508 e. The van der Waals surface area contributed by atoms with Gasteiger partial charge in [-0.1, -0.05) is 72.8 Å². The highest BCUT2D eigenvalue weighted by molar-refractivity contribution is 6.03. The third-order valence-electron chi connectivity index (χ3n) is 6.34. The van der Waals surface area contributed by atoms with Crippen LogP contribution in [0, 0.1) is 6.92 Å². The van der Waals surface area contributed by atoms with Crippen molar-refractivity contribution in [1.82, 2.24) is 14.8 Å². The minimum atomic E-state index is -4.61. The molecule has 0 fully saturated rings. The first-order valence-corrected chi connectivity index (χ1v) is 11.7. The Labute approximate surface area is 211 Å². The highest BCUT2D eigenvalue weighted by Gasteiger charge is 2.37. The van der Waals surface area contributed by atoms with E-state index in [2.05, 4.69) is 10.2 Å². The number of carbonyl (C=O) groups excluding carboxylic acids is 1. The van der Waals surface area contributed by atoms with E-state index in [0.29, 0.717) is 17.7 Å². The number of rotatable bonds is 5. The number of hydrogen-bond acceptors (Lipinski definition) is 4. The van der Waals surface area contributed by atoms with E-state index < -0.39 is 30.4 Å². The van der Waals surface area contributed by atoms with Crippen molar-refractivity contribution >= 4 is 11.6 Å². The van der Waals surface area contributed by atoms with E-state index >= 15 is 0 Å². The van der Waals surface area contributed by atoms with Gasteiger partial charge in [-0.2, -0.15) is 23.4 Å². The van der Waals surface area contributed by atoms with Crippen molar-refractivity contribution in [3.05, 3.63) is 107 Å². The second-order valence-electron chi connectivity index (χ2n) is 8.83. The van der Waals surface area contributed by atoms with Crippen LogP contribution in [0.5, 0.6) is 5.75 Å². The van der Waals surface area contributed by atoms with Gasteiger partial charge in [-0.25, -0.2) is 5.01 Å². The van der Waals surface area contributed by atoms with Gasteiger partial charge in [0.05, 0.1) is 11.8 Å². The zero-order valence-electron chi connectivity index (χ0n) is 19.9. The number of nitrogens with zero attached hydrogens (tertiary/aromatic N) is 4. The molecule has 1 atom stereocenters. The molecule has 0 radical (unpaired) electrons. The van der Waals surface area contributed by atoms with Gasteiger partial charge in [0, 0.05) is 17.7 Å². The standard InChI is InChI=1S/C28H23F3N4O2/c1-18-15-26(28(29,30)31)33-34(18)17-27(37)35-24(22-9-5-6-10-25(22)36)16-23(32-35)21-13-11-20(12-14-21)19-7-3-2-4-8-19/h2-15,24,36H,16-17H2,1H3. The molecule has 5 rings (SSSR count). The smallest absolute Gasteiger partial charge is 0.435 e. The lowest BCUT2D eigenvalue weighted by Gasteiger charge is -2.23. The first-order chi connectivity index (χ1) is 17.7. The van der Waals surface area contributed by atoms with Crippen LogP contribution in [-0.4, -0.2) is 31.5 Å². The average molecular weight is 505 g/mol. The number of hydrogen-bond donors (Lipinski definition) is 1. The number of phenolic OH excluding ortho intramolecular Hbond substituents is 1. The first kappa shape index (κ1) is 24.3. The Kier molecular flexibility index (Phi) is 6.29. The van der Waals surface area contributed by atoms with Gasteiger partial charge in [0.15, 0.2) is 5.69 Å². The Morgan fingerprint density at radius 2 is 1.57 bits per heavy atom. The molecule has 0 bridgehead atoms. The summed E-state index contributed by atoms with van der Waals surface area (Å²) in [5.74, 6) is -0.528. The van der Waals surface area contributed by atoms with Crippen LogP contribution in [0.2, 0.25) is 0 Å². The van der Waals surface area contributed by atoms with E-state index in [0.717, 1.165) is 27.4 Å². The number of aromatic hydroxyl groups is 1. The molecule has 37 heavy (non-hydrogen) atoms. The Hall–Kier alpha value is -4.40. The fourth-order valence-corrected chi connectivity index (χ4v) is 4.42. The van der Waals surface area contributed by atoms with E-state index in [1.165, 1.54) is 18.0 Å². The molecule has 6 nitrogen and oxygen atoms in total. The average Bonchev–Trinajstić information content (AvgIpc) is 3.49. The zero-order valence-corrected chi connectivity index (χ0v) is 19.9. The monoisotopic (exact) mass is 504 g/mol. The van der Waals surface area contributed by atoms with Crippen LogP contribution < -0.4 is 0 Å². The van der Waals surface area contributed by atoms with Crippen LogP contribution in [0.4, 0.5) is 13.2 Å². The van der Waals surface area contributed by atoms with E-state index in [-0.39, 0.29) is 11.4 Å². The summed E-state index contributed by atoms with van der Waals surface area (Å²) < 4.78 is 40.3. The summed E-state index contributed by atoms with van der Waals surface area (Å²) in [6.07, 6.45) is -4.28. The summed E-state index contributed by atoms with van der Waals surface area (Å²) in [6, 6.07) is 24.6. The summed E-state index contributed by atoms with van der Waals surface area (Å²) in [6.45, 7) is 1.04. The van der Waals surface area contributed by atoms with E-state index in [9.17, 15) is 23.1 Å². The van der Waals surface area contributed by atoms with Crippen molar-refractivity contribution in [2.75, 3.05) is 0 Å². The number of aromatic nitrogens is 2. The topological polar surface area (TPSA) is 70.7 Å². The van der Waals surface area contributed by atoms with Gasteiger partial charge in [0.1, 0.15) is 12.3 Å². The molecule has 9 heteroatoms. The predicted molar refractivity (Wildman–Crippen MR) is 133 cm³/mol. The Balaban J connectivity index is 1.45. The maximum absolute atomic E-state index is 13.3. The summed E-state index contributed by atoms with van der Waals surface area (Å²) in [5, 5.41) is 19.9. The van der Waals surface area contributed by atoms with Crippen LogP contribution in [0.15, 0.2) is 90.0 Å². The van der Waals surface area contributed by atoms with Crippen molar-refractivity contribution in [3.8, 4) is 16.9 Å². The number of halogens is 3. The number of carbonyl (C=O) groups is 1. The minimum absolute atomic E-state index is 0.0100. The highest BCUT2D eigenvalue weighted by atomic mass is 19.4. The molecule has 4 aromatic rings. The van der Waals surface area contributed by atoms with Gasteiger partial charge < -0.3 is 5.11 Å². The molecule has 1 aliphatic heterocycles. The number of hydrazone groups is 1. The molecule has 188 valence electrons. The van der Waals surface area contributed by atoms with Crippen LogP contribution in [0.3, 0.4) is 0 Å². The second-order valence-corrected chi connectivity index (χ2v) is 8.83. The van der Waals surface area contributed by atoms with Crippen LogP contribution in [0.25, 0.3) is 11.1 Å². The van der Waals surface area contributed by atoms with E-state index in [4.69, 9.17) is 0 Å². The van der Waals surface area contributed by atoms with Gasteiger partial charge >= 0.3 is 6.18 Å². The maximum atomic E-state index is 13.3. The van der Waals surface area contributed by atoms with E-state index in [1.54, 1.807) is 18.2 Å². The Morgan fingerprint density at radius 1 is 0.946 bits per heavy atom. The molecule has 1 aromatic heterocycles. The third kappa shape index (κ3) is 4.97. The summed E-state index contributed by atoms with van der Waals surface area (Å²) in [7, 11) is 0. The number of amides is 1. The molecule has 0 aliphatic carbocycles. The van der Waals surface area contributed by atoms with Crippen LogP contribution >= 0.6 is 0 Å². The molecule has 2 heterocycles. The molecular formula is C28H23F3N4O2. The summed E-state index contributed by atoms with van der Waals surface area (Å²) >= 11 is 0. The Bertz CT molecular complexity index is 1460. The second kappa shape index (κ2) is 9.57. The number of para-hydroxylation sites is 1. The van der Waals surface area contributed by atoms with Crippen molar-refractivity contribution in [2.45, 2.75) is 32.1 Å². The van der Waals surface area contributed by atoms with Crippen LogP contribution in [-0.2, 0) is 17.5 Å². The molecule has 1 aliphatic rings. The number of alkyl halides is 3. The molecular weight excluding hydrogens is 481 g/mol. The SMILES string of the molecule is Cc1cc(C(F)(F)F)nn1CC(=O)N1N=C(c2ccc(-c3ccccc3)cc2)CC1c1ccccc1O. The number of aryl methyl sites for hydroxylation is 1. The van der Waals surface area contributed by atoms with Gasteiger partial charge in [0.25, 0.3) is 5.91 Å². The normalized spacial score (nSPS) is 15.6. The lowest BCUT2D eigenvalue weighted by molar-refractivity contribution is -0.142. The molecule has 0 saturated heterocycles. The van der Waals surface area contributed by atoms with Crippen molar-refractivity contribution in [2.24, 2.45) is 5.10 Å². The predicted octanol–water partition coefficient (Wildman–Crippen LogP) is 5.96. The quantitative estimate of drug-likeness (QED) is 0.365. The zero-order chi connectivity index (χ0) is 26.2. The molecule has 1 N–H and O–H groups in total. The van der Waals surface area contributed by atoms with Gasteiger partial charge in [-0.05, 0) is 35.7 Å². The van der Waals surface area contributed by atoms with Gasteiger partial charge in [-0.3, -0.25) is 9.48 Å². The number of phenols is 1. The first-order valence-electron chi connectivity index (χ1n) is 11.7.